The maximum atomic E-state index is 13.4. The summed E-state index contributed by atoms with van der Waals surface area (Å²) in [5.74, 6) is -3.45. The van der Waals surface area contributed by atoms with Gasteiger partial charge in [-0.05, 0) is 42.7 Å². The summed E-state index contributed by atoms with van der Waals surface area (Å²) < 4.78 is 26.5. The molecule has 2 amide bonds. The van der Waals surface area contributed by atoms with Crippen LogP contribution in [-0.4, -0.2) is 32.5 Å². The first kappa shape index (κ1) is 19.4. The van der Waals surface area contributed by atoms with Crippen LogP contribution in [0.3, 0.4) is 0 Å². The lowest BCUT2D eigenvalue weighted by Crippen LogP contribution is -2.36. The molecule has 0 saturated heterocycles. The van der Waals surface area contributed by atoms with Crippen molar-refractivity contribution in [2.24, 2.45) is 0 Å². The number of carbonyl (C=O) groups excluding carboxylic acids is 2. The number of aryl methyl sites for hydroxylation is 1. The zero-order chi connectivity index (χ0) is 19.1. The van der Waals surface area contributed by atoms with Crippen LogP contribution in [0.2, 0.25) is 0 Å². The minimum Gasteiger partial charge on any atom is -0.378 e. The summed E-state index contributed by atoms with van der Waals surface area (Å²) in [4.78, 5) is 25.5. The van der Waals surface area contributed by atoms with E-state index >= 15 is 0 Å². The quantitative estimate of drug-likeness (QED) is 0.614. The highest BCUT2D eigenvalue weighted by Gasteiger charge is 2.15. The highest BCUT2D eigenvalue weighted by atomic mass is 19.1. The fourth-order valence-corrected chi connectivity index (χ4v) is 2.31. The van der Waals surface area contributed by atoms with Crippen molar-refractivity contribution < 1.29 is 18.4 Å². The summed E-state index contributed by atoms with van der Waals surface area (Å²) in [7, 11) is 3.93. The Balaban J connectivity index is 1.75. The van der Waals surface area contributed by atoms with Crippen molar-refractivity contribution >= 4 is 23.2 Å². The first-order valence-electron chi connectivity index (χ1n) is 8.17. The van der Waals surface area contributed by atoms with Crippen molar-refractivity contribution in [1.82, 2.24) is 5.32 Å². The van der Waals surface area contributed by atoms with Gasteiger partial charge in [0.15, 0.2) is 0 Å². The molecular formula is C19H21F2N3O2. The Hall–Kier alpha value is -2.96. The number of benzene rings is 2. The van der Waals surface area contributed by atoms with E-state index in [2.05, 4.69) is 10.6 Å². The molecule has 0 unspecified atom stereocenters. The van der Waals surface area contributed by atoms with Gasteiger partial charge in [-0.3, -0.25) is 9.59 Å². The molecule has 0 heterocycles. The van der Waals surface area contributed by atoms with Gasteiger partial charge in [-0.25, -0.2) is 8.78 Å². The SMILES string of the molecule is CN(C)c1ccc(CCCNC(=O)C(=O)Nc2cc(F)ccc2F)cc1. The number of carbonyl (C=O) groups is 2. The molecule has 0 radical (unpaired) electrons. The van der Waals surface area contributed by atoms with Gasteiger partial charge in [-0.2, -0.15) is 0 Å². The van der Waals surface area contributed by atoms with Gasteiger partial charge in [0, 0.05) is 32.4 Å². The first-order valence-corrected chi connectivity index (χ1v) is 8.17. The molecular weight excluding hydrogens is 340 g/mol. The van der Waals surface area contributed by atoms with Gasteiger partial charge < -0.3 is 15.5 Å². The number of hydrogen-bond acceptors (Lipinski definition) is 3. The Morgan fingerprint density at radius 3 is 2.35 bits per heavy atom. The maximum absolute atomic E-state index is 13.4. The van der Waals surface area contributed by atoms with Crippen molar-refractivity contribution in [2.75, 3.05) is 30.9 Å². The summed E-state index contributed by atoms with van der Waals surface area (Å²) in [6.07, 6.45) is 1.39. The fourth-order valence-electron chi connectivity index (χ4n) is 2.31. The van der Waals surface area contributed by atoms with Crippen LogP contribution in [0.25, 0.3) is 0 Å². The van der Waals surface area contributed by atoms with E-state index in [0.29, 0.717) is 13.0 Å². The maximum Gasteiger partial charge on any atom is 0.313 e. The summed E-state index contributed by atoms with van der Waals surface area (Å²) in [5, 5.41) is 4.52. The topological polar surface area (TPSA) is 61.4 Å². The Morgan fingerprint density at radius 2 is 1.69 bits per heavy atom. The van der Waals surface area contributed by atoms with Crippen molar-refractivity contribution in [3.63, 3.8) is 0 Å². The lowest BCUT2D eigenvalue weighted by molar-refractivity contribution is -0.136. The molecule has 5 nitrogen and oxygen atoms in total. The first-order chi connectivity index (χ1) is 12.4. The normalized spacial score (nSPS) is 10.3. The molecule has 0 aliphatic carbocycles. The molecule has 0 aromatic heterocycles. The van der Waals surface area contributed by atoms with Crippen molar-refractivity contribution in [2.45, 2.75) is 12.8 Å². The summed E-state index contributed by atoms with van der Waals surface area (Å²) in [6, 6.07) is 10.7. The standard InChI is InChI=1S/C19H21F2N3O2/c1-24(2)15-8-5-13(6-9-15)4-3-11-22-18(25)19(26)23-17-12-14(20)7-10-16(17)21/h5-10,12H,3-4,11H2,1-2H3,(H,22,25)(H,23,26). The molecule has 0 aliphatic heterocycles. The summed E-state index contributed by atoms with van der Waals surface area (Å²) >= 11 is 0. The van der Waals surface area contributed by atoms with Gasteiger partial charge in [0.05, 0.1) is 5.69 Å². The Bertz CT molecular complexity index is 777. The summed E-state index contributed by atoms with van der Waals surface area (Å²) in [6.45, 7) is 0.299. The second kappa shape index (κ2) is 8.94. The monoisotopic (exact) mass is 361 g/mol. The van der Waals surface area contributed by atoms with Crippen LogP contribution in [0.15, 0.2) is 42.5 Å². The van der Waals surface area contributed by atoms with Crippen LogP contribution in [-0.2, 0) is 16.0 Å². The minimum atomic E-state index is -1.04. The largest absolute Gasteiger partial charge is 0.378 e. The highest BCUT2D eigenvalue weighted by molar-refractivity contribution is 6.39. The van der Waals surface area contributed by atoms with E-state index in [1.165, 1.54) is 0 Å². The van der Waals surface area contributed by atoms with E-state index in [1.54, 1.807) is 0 Å². The lowest BCUT2D eigenvalue weighted by Gasteiger charge is -2.12. The molecule has 2 aromatic rings. The molecule has 0 aliphatic rings. The van der Waals surface area contributed by atoms with E-state index < -0.39 is 23.4 Å². The van der Waals surface area contributed by atoms with Crippen molar-refractivity contribution in [3.8, 4) is 0 Å². The third-order valence-electron chi connectivity index (χ3n) is 3.76. The average molecular weight is 361 g/mol. The van der Waals surface area contributed by atoms with E-state index in [0.717, 1.165) is 35.9 Å². The average Bonchev–Trinajstić information content (AvgIpc) is 2.62. The predicted molar refractivity (Wildman–Crippen MR) is 97.1 cm³/mol. The second-order valence-corrected chi connectivity index (χ2v) is 6.00. The molecule has 26 heavy (non-hydrogen) atoms. The van der Waals surface area contributed by atoms with E-state index in [9.17, 15) is 18.4 Å². The number of halogens is 2. The highest BCUT2D eigenvalue weighted by Crippen LogP contribution is 2.15. The second-order valence-electron chi connectivity index (χ2n) is 6.00. The lowest BCUT2D eigenvalue weighted by atomic mass is 10.1. The van der Waals surface area contributed by atoms with E-state index in [-0.39, 0.29) is 5.69 Å². The molecule has 0 fully saturated rings. The predicted octanol–water partition coefficient (Wildman–Crippen LogP) is 2.72. The molecule has 0 saturated carbocycles. The van der Waals surface area contributed by atoms with Gasteiger partial charge in [0.25, 0.3) is 0 Å². The third kappa shape index (κ3) is 5.54. The molecule has 2 aromatic carbocycles. The molecule has 0 spiro atoms. The van der Waals surface area contributed by atoms with Crippen LogP contribution in [0.5, 0.6) is 0 Å². The summed E-state index contributed by atoms with van der Waals surface area (Å²) in [5.41, 5.74) is 1.85. The zero-order valence-corrected chi connectivity index (χ0v) is 14.7. The number of hydrogen-bond donors (Lipinski definition) is 2. The van der Waals surface area contributed by atoms with E-state index in [4.69, 9.17) is 0 Å². The van der Waals surface area contributed by atoms with Crippen LogP contribution < -0.4 is 15.5 Å². The van der Waals surface area contributed by atoms with Gasteiger partial charge in [0.1, 0.15) is 11.6 Å². The van der Waals surface area contributed by atoms with Crippen LogP contribution in [0.4, 0.5) is 20.2 Å². The fraction of sp³-hybridized carbons (Fsp3) is 0.263. The van der Waals surface area contributed by atoms with Crippen LogP contribution in [0.1, 0.15) is 12.0 Å². The van der Waals surface area contributed by atoms with Crippen LogP contribution >= 0.6 is 0 Å². The molecule has 7 heteroatoms. The van der Waals surface area contributed by atoms with Gasteiger partial charge in [0.2, 0.25) is 0 Å². The smallest absolute Gasteiger partial charge is 0.313 e. The van der Waals surface area contributed by atoms with Crippen molar-refractivity contribution in [3.05, 3.63) is 59.7 Å². The number of nitrogens with zero attached hydrogens (tertiary/aromatic N) is 1. The zero-order valence-electron chi connectivity index (χ0n) is 14.7. The minimum absolute atomic E-state index is 0.299. The molecule has 0 bridgehead atoms. The number of nitrogens with one attached hydrogen (secondary N) is 2. The van der Waals surface area contributed by atoms with Gasteiger partial charge >= 0.3 is 11.8 Å². The Kier molecular flexibility index (Phi) is 6.66. The number of anilines is 2. The third-order valence-corrected chi connectivity index (χ3v) is 3.76. The van der Waals surface area contributed by atoms with Crippen molar-refractivity contribution in [1.29, 1.82) is 0 Å². The molecule has 0 atom stereocenters. The molecule has 2 rings (SSSR count). The Morgan fingerprint density at radius 1 is 1.00 bits per heavy atom. The number of rotatable bonds is 6. The van der Waals surface area contributed by atoms with Crippen LogP contribution in [0, 0.1) is 11.6 Å². The van der Waals surface area contributed by atoms with Gasteiger partial charge in [-0.1, -0.05) is 12.1 Å². The van der Waals surface area contributed by atoms with E-state index in [1.807, 2.05) is 43.3 Å². The molecule has 138 valence electrons. The molecule has 2 N–H and O–H groups in total. The Labute approximate surface area is 151 Å². The van der Waals surface area contributed by atoms with Gasteiger partial charge in [-0.15, -0.1) is 0 Å². The number of amides is 2.